The number of sulfonamides is 1. The molecule has 0 aliphatic carbocycles. The highest BCUT2D eigenvalue weighted by atomic mass is 35.5. The van der Waals surface area contributed by atoms with Crippen molar-refractivity contribution in [1.29, 1.82) is 0 Å². The number of hydrogen-bond acceptors (Lipinski definition) is 4. The summed E-state index contributed by atoms with van der Waals surface area (Å²) in [7, 11) is -3.86. The van der Waals surface area contributed by atoms with Crippen LogP contribution in [0.4, 0.5) is 0 Å². The van der Waals surface area contributed by atoms with Gasteiger partial charge < -0.3 is 4.74 Å². The SMILES string of the molecule is CCOc1ccc(S(=O)(=O)NC(=O)CCCc2ccc(Cl)cc2)cc1. The molecular weight excluding hydrogens is 362 g/mol. The molecule has 2 aromatic rings. The molecule has 7 heteroatoms. The number of aryl methyl sites for hydroxylation is 1. The number of rotatable bonds is 8. The van der Waals surface area contributed by atoms with Crippen LogP contribution in [-0.2, 0) is 21.2 Å². The Labute approximate surface area is 153 Å². The summed E-state index contributed by atoms with van der Waals surface area (Å²) in [5, 5.41) is 0.656. The Hall–Kier alpha value is -2.05. The van der Waals surface area contributed by atoms with Gasteiger partial charge in [0.1, 0.15) is 5.75 Å². The van der Waals surface area contributed by atoms with Crippen molar-refractivity contribution in [2.75, 3.05) is 6.61 Å². The first-order valence-electron chi connectivity index (χ1n) is 7.93. The molecule has 0 unspecified atom stereocenters. The maximum absolute atomic E-state index is 12.2. The van der Waals surface area contributed by atoms with Crippen molar-refractivity contribution in [3.8, 4) is 5.75 Å². The lowest BCUT2D eigenvalue weighted by Gasteiger charge is -2.08. The zero-order chi connectivity index (χ0) is 18.3. The van der Waals surface area contributed by atoms with Crippen molar-refractivity contribution in [2.45, 2.75) is 31.1 Å². The second-order valence-corrected chi connectivity index (χ2v) is 7.53. The van der Waals surface area contributed by atoms with E-state index in [0.29, 0.717) is 30.2 Å². The van der Waals surface area contributed by atoms with Crippen molar-refractivity contribution in [3.63, 3.8) is 0 Å². The zero-order valence-corrected chi connectivity index (χ0v) is 15.4. The fourth-order valence-corrected chi connectivity index (χ4v) is 3.39. The number of benzene rings is 2. The van der Waals surface area contributed by atoms with Gasteiger partial charge in [-0.05, 0) is 61.7 Å². The Bertz CT molecular complexity index is 802. The minimum absolute atomic E-state index is 0.0296. The van der Waals surface area contributed by atoms with Gasteiger partial charge in [0, 0.05) is 11.4 Å². The molecule has 0 atom stereocenters. The molecule has 0 aliphatic rings. The van der Waals surface area contributed by atoms with E-state index in [-0.39, 0.29) is 11.3 Å². The Balaban J connectivity index is 1.86. The second-order valence-electron chi connectivity index (χ2n) is 5.41. The van der Waals surface area contributed by atoms with Gasteiger partial charge >= 0.3 is 0 Å². The third-order valence-electron chi connectivity index (χ3n) is 3.48. The van der Waals surface area contributed by atoms with Gasteiger partial charge in [-0.2, -0.15) is 0 Å². The number of carbonyl (C=O) groups is 1. The molecule has 134 valence electrons. The molecule has 1 N–H and O–H groups in total. The molecule has 0 aliphatic heterocycles. The van der Waals surface area contributed by atoms with Crippen LogP contribution in [0, 0.1) is 0 Å². The smallest absolute Gasteiger partial charge is 0.264 e. The normalized spacial score (nSPS) is 11.1. The van der Waals surface area contributed by atoms with Gasteiger partial charge in [0.05, 0.1) is 11.5 Å². The highest BCUT2D eigenvalue weighted by molar-refractivity contribution is 7.90. The van der Waals surface area contributed by atoms with E-state index in [2.05, 4.69) is 4.72 Å². The number of nitrogens with one attached hydrogen (secondary N) is 1. The van der Waals surface area contributed by atoms with Gasteiger partial charge in [-0.3, -0.25) is 4.79 Å². The van der Waals surface area contributed by atoms with Gasteiger partial charge in [0.25, 0.3) is 10.0 Å². The number of hydrogen-bond donors (Lipinski definition) is 1. The van der Waals surface area contributed by atoms with Crippen molar-refractivity contribution < 1.29 is 17.9 Å². The van der Waals surface area contributed by atoms with Gasteiger partial charge in [-0.15, -0.1) is 0 Å². The summed E-state index contributed by atoms with van der Waals surface area (Å²) in [5.74, 6) is 0.0542. The molecule has 0 bridgehead atoms. The maximum atomic E-state index is 12.2. The van der Waals surface area contributed by atoms with Crippen LogP contribution in [0.1, 0.15) is 25.3 Å². The second kappa shape index (κ2) is 8.87. The third-order valence-corrected chi connectivity index (χ3v) is 5.12. The lowest BCUT2D eigenvalue weighted by molar-refractivity contribution is -0.119. The highest BCUT2D eigenvalue weighted by Crippen LogP contribution is 2.16. The van der Waals surface area contributed by atoms with E-state index in [1.54, 1.807) is 24.3 Å². The zero-order valence-electron chi connectivity index (χ0n) is 13.9. The van der Waals surface area contributed by atoms with Crippen molar-refractivity contribution in [2.24, 2.45) is 0 Å². The lowest BCUT2D eigenvalue weighted by atomic mass is 10.1. The molecule has 0 spiro atoms. The van der Waals surface area contributed by atoms with E-state index in [1.165, 1.54) is 12.1 Å². The monoisotopic (exact) mass is 381 g/mol. The maximum Gasteiger partial charge on any atom is 0.264 e. The molecule has 0 aromatic heterocycles. The summed E-state index contributed by atoms with van der Waals surface area (Å²) in [6.07, 6.45) is 1.35. The van der Waals surface area contributed by atoms with Gasteiger partial charge in [0.2, 0.25) is 5.91 Å². The molecule has 2 aromatic carbocycles. The molecule has 0 saturated carbocycles. The summed E-state index contributed by atoms with van der Waals surface area (Å²) >= 11 is 5.82. The molecule has 5 nitrogen and oxygen atoms in total. The standard InChI is InChI=1S/C18H20ClNO4S/c1-2-24-16-10-12-17(13-11-16)25(22,23)20-18(21)5-3-4-14-6-8-15(19)9-7-14/h6-13H,2-5H2,1H3,(H,20,21). The average Bonchev–Trinajstić information content (AvgIpc) is 2.57. The van der Waals surface area contributed by atoms with E-state index in [4.69, 9.17) is 16.3 Å². The number of ether oxygens (including phenoxy) is 1. The van der Waals surface area contributed by atoms with E-state index in [9.17, 15) is 13.2 Å². The number of halogens is 1. The summed E-state index contributed by atoms with van der Waals surface area (Å²) in [6.45, 7) is 2.34. The Morgan fingerprint density at radius 2 is 1.72 bits per heavy atom. The van der Waals surface area contributed by atoms with Gasteiger partial charge in [-0.1, -0.05) is 23.7 Å². The molecular formula is C18H20ClNO4S. The van der Waals surface area contributed by atoms with Gasteiger partial charge in [-0.25, -0.2) is 13.1 Å². The molecule has 1 amide bonds. The third kappa shape index (κ3) is 6.07. The van der Waals surface area contributed by atoms with Crippen LogP contribution in [0.3, 0.4) is 0 Å². The van der Waals surface area contributed by atoms with Crippen LogP contribution in [-0.4, -0.2) is 20.9 Å². The fourth-order valence-electron chi connectivity index (χ4n) is 2.25. The first-order chi connectivity index (χ1) is 11.9. The van der Waals surface area contributed by atoms with Gasteiger partial charge in [0.15, 0.2) is 0 Å². The largest absolute Gasteiger partial charge is 0.494 e. The van der Waals surface area contributed by atoms with E-state index < -0.39 is 15.9 Å². The average molecular weight is 382 g/mol. The van der Waals surface area contributed by atoms with E-state index >= 15 is 0 Å². The fraction of sp³-hybridized carbons (Fsp3) is 0.278. The summed E-state index contributed by atoms with van der Waals surface area (Å²) in [4.78, 5) is 11.9. The van der Waals surface area contributed by atoms with E-state index in [0.717, 1.165) is 5.56 Å². The quantitative estimate of drug-likeness (QED) is 0.758. The summed E-state index contributed by atoms with van der Waals surface area (Å²) < 4.78 is 31.7. The predicted octanol–water partition coefficient (Wildman–Crippen LogP) is 3.57. The molecule has 25 heavy (non-hydrogen) atoms. The van der Waals surface area contributed by atoms with E-state index in [1.807, 2.05) is 19.1 Å². The number of amides is 1. The predicted molar refractivity (Wildman–Crippen MR) is 97.3 cm³/mol. The van der Waals surface area contributed by atoms with Crippen LogP contribution in [0.5, 0.6) is 5.75 Å². The molecule has 0 saturated heterocycles. The first kappa shape index (κ1) is 19.3. The Morgan fingerprint density at radius 1 is 1.08 bits per heavy atom. The molecule has 2 rings (SSSR count). The molecule has 0 fully saturated rings. The highest BCUT2D eigenvalue weighted by Gasteiger charge is 2.17. The first-order valence-corrected chi connectivity index (χ1v) is 9.80. The van der Waals surface area contributed by atoms with Crippen molar-refractivity contribution in [3.05, 3.63) is 59.1 Å². The lowest BCUT2D eigenvalue weighted by Crippen LogP contribution is -2.30. The molecule has 0 heterocycles. The Morgan fingerprint density at radius 3 is 2.32 bits per heavy atom. The minimum atomic E-state index is -3.86. The van der Waals surface area contributed by atoms with Crippen LogP contribution < -0.4 is 9.46 Å². The topological polar surface area (TPSA) is 72.5 Å². The Kier molecular flexibility index (Phi) is 6.84. The number of carbonyl (C=O) groups excluding carboxylic acids is 1. The molecule has 0 radical (unpaired) electrons. The van der Waals surface area contributed by atoms with Crippen LogP contribution in [0.15, 0.2) is 53.4 Å². The van der Waals surface area contributed by atoms with Crippen LogP contribution >= 0.6 is 11.6 Å². The van der Waals surface area contributed by atoms with Crippen LogP contribution in [0.25, 0.3) is 0 Å². The van der Waals surface area contributed by atoms with Crippen LogP contribution in [0.2, 0.25) is 5.02 Å². The summed E-state index contributed by atoms with van der Waals surface area (Å²) in [5.41, 5.74) is 1.05. The van der Waals surface area contributed by atoms with Crippen molar-refractivity contribution >= 4 is 27.5 Å². The van der Waals surface area contributed by atoms with Crippen molar-refractivity contribution in [1.82, 2.24) is 4.72 Å². The minimum Gasteiger partial charge on any atom is -0.494 e. The summed E-state index contributed by atoms with van der Waals surface area (Å²) in [6, 6.07) is 13.3.